The Hall–Kier alpha value is -2.02. The highest BCUT2D eigenvalue weighted by molar-refractivity contribution is 5.31. The van der Waals surface area contributed by atoms with Gasteiger partial charge in [0.15, 0.2) is 6.61 Å². The van der Waals surface area contributed by atoms with Crippen LogP contribution in [0.4, 0.5) is 13.2 Å². The number of nitrogens with zero attached hydrogens (tertiary/aromatic N) is 3. The second kappa shape index (κ2) is 7.70. The lowest BCUT2D eigenvalue weighted by Gasteiger charge is -2.17. The minimum atomic E-state index is -4.36. The lowest BCUT2D eigenvalue weighted by Crippen LogP contribution is -2.23. The zero-order valence-corrected chi connectivity index (χ0v) is 15.1. The lowest BCUT2D eigenvalue weighted by atomic mass is 9.99. The number of hydrogen-bond donors (Lipinski definition) is 0. The first kappa shape index (κ1) is 18.8. The van der Waals surface area contributed by atoms with Crippen molar-refractivity contribution in [3.8, 4) is 5.88 Å². The Morgan fingerprint density at radius 3 is 2.65 bits per heavy atom. The van der Waals surface area contributed by atoms with E-state index in [1.54, 1.807) is 7.05 Å². The zero-order chi connectivity index (χ0) is 18.7. The van der Waals surface area contributed by atoms with Gasteiger partial charge in [0, 0.05) is 20.1 Å². The van der Waals surface area contributed by atoms with Crippen molar-refractivity contribution in [3.05, 3.63) is 47.2 Å². The van der Waals surface area contributed by atoms with Crippen LogP contribution >= 0.6 is 0 Å². The highest BCUT2D eigenvalue weighted by atomic mass is 19.4. The van der Waals surface area contributed by atoms with Crippen LogP contribution in [0.5, 0.6) is 5.88 Å². The third-order valence-electron chi connectivity index (χ3n) is 4.78. The quantitative estimate of drug-likeness (QED) is 0.779. The van der Waals surface area contributed by atoms with Crippen LogP contribution in [0, 0.1) is 12.8 Å². The monoisotopic (exact) mass is 367 g/mol. The molecule has 0 N–H and O–H groups in total. The summed E-state index contributed by atoms with van der Waals surface area (Å²) in [4.78, 5) is 2.28. The highest BCUT2D eigenvalue weighted by Gasteiger charge is 2.31. The molecule has 26 heavy (non-hydrogen) atoms. The maximum atomic E-state index is 12.5. The molecule has 0 saturated carbocycles. The summed E-state index contributed by atoms with van der Waals surface area (Å²) in [5.41, 5.74) is 2.79. The number of aromatic nitrogens is 2. The molecular weight excluding hydrogens is 343 g/mol. The van der Waals surface area contributed by atoms with Crippen LogP contribution in [0.15, 0.2) is 30.3 Å². The molecule has 1 aromatic heterocycles. The molecular formula is C19H24F3N3O. The van der Waals surface area contributed by atoms with Gasteiger partial charge in [0.25, 0.3) is 0 Å². The number of ether oxygens (including phenoxy) is 1. The Kier molecular flexibility index (Phi) is 5.55. The minimum Gasteiger partial charge on any atom is -0.468 e. The molecule has 7 heteroatoms. The maximum Gasteiger partial charge on any atom is 0.422 e. The van der Waals surface area contributed by atoms with Gasteiger partial charge in [-0.2, -0.15) is 18.3 Å². The molecule has 2 heterocycles. The van der Waals surface area contributed by atoms with Crippen LogP contribution < -0.4 is 4.74 Å². The van der Waals surface area contributed by atoms with Crippen LogP contribution in [0.25, 0.3) is 0 Å². The summed E-state index contributed by atoms with van der Waals surface area (Å²) in [6.45, 7) is 2.95. The van der Waals surface area contributed by atoms with Crippen molar-refractivity contribution >= 4 is 0 Å². The van der Waals surface area contributed by atoms with Crippen molar-refractivity contribution < 1.29 is 17.9 Å². The minimum absolute atomic E-state index is 0.214. The third kappa shape index (κ3) is 4.78. The zero-order valence-electron chi connectivity index (χ0n) is 15.1. The number of rotatable bonds is 6. The average Bonchev–Trinajstić information content (AvgIpc) is 3.11. The van der Waals surface area contributed by atoms with Crippen molar-refractivity contribution in [2.24, 2.45) is 13.0 Å². The van der Waals surface area contributed by atoms with Gasteiger partial charge in [0.05, 0.1) is 11.3 Å². The van der Waals surface area contributed by atoms with E-state index in [-0.39, 0.29) is 5.88 Å². The molecule has 0 radical (unpaired) electrons. The average molecular weight is 367 g/mol. The summed E-state index contributed by atoms with van der Waals surface area (Å²) in [7, 11) is 1.62. The number of hydrogen-bond acceptors (Lipinski definition) is 3. The molecule has 0 spiro atoms. The molecule has 1 saturated heterocycles. The fraction of sp³-hybridized carbons (Fsp3) is 0.526. The molecule has 1 unspecified atom stereocenters. The number of alkyl halides is 3. The Balaban J connectivity index is 1.62. The van der Waals surface area contributed by atoms with Gasteiger partial charge in [-0.25, -0.2) is 4.68 Å². The van der Waals surface area contributed by atoms with E-state index in [0.717, 1.165) is 37.2 Å². The van der Waals surface area contributed by atoms with Crippen LogP contribution in [0.1, 0.15) is 23.2 Å². The first-order chi connectivity index (χ1) is 12.3. The Morgan fingerprint density at radius 2 is 1.96 bits per heavy atom. The second-order valence-electron chi connectivity index (χ2n) is 6.98. The maximum absolute atomic E-state index is 12.5. The van der Waals surface area contributed by atoms with E-state index in [1.807, 2.05) is 25.1 Å². The fourth-order valence-electron chi connectivity index (χ4n) is 3.59. The first-order valence-electron chi connectivity index (χ1n) is 8.80. The molecule has 1 fully saturated rings. The van der Waals surface area contributed by atoms with E-state index < -0.39 is 12.8 Å². The highest BCUT2D eigenvalue weighted by Crippen LogP contribution is 2.28. The van der Waals surface area contributed by atoms with Crippen molar-refractivity contribution in [2.45, 2.75) is 32.5 Å². The molecule has 3 rings (SSSR count). The predicted molar refractivity (Wildman–Crippen MR) is 93.0 cm³/mol. The van der Waals surface area contributed by atoms with Gasteiger partial charge in [0.1, 0.15) is 0 Å². The van der Waals surface area contributed by atoms with E-state index in [9.17, 15) is 13.2 Å². The van der Waals surface area contributed by atoms with E-state index in [2.05, 4.69) is 22.1 Å². The predicted octanol–water partition coefficient (Wildman–Crippen LogP) is 3.73. The third-order valence-corrected chi connectivity index (χ3v) is 4.78. The van der Waals surface area contributed by atoms with Gasteiger partial charge in [-0.3, -0.25) is 4.90 Å². The van der Waals surface area contributed by atoms with Gasteiger partial charge in [0.2, 0.25) is 5.88 Å². The normalized spacial score (nSPS) is 18.4. The number of aryl methyl sites for hydroxylation is 2. The van der Waals surface area contributed by atoms with Crippen LogP contribution in [0.2, 0.25) is 0 Å². The van der Waals surface area contributed by atoms with Crippen molar-refractivity contribution in [3.63, 3.8) is 0 Å². The van der Waals surface area contributed by atoms with E-state index in [0.29, 0.717) is 12.5 Å². The summed E-state index contributed by atoms with van der Waals surface area (Å²) in [6, 6.07) is 10.4. The number of halogens is 3. The van der Waals surface area contributed by atoms with Gasteiger partial charge >= 0.3 is 6.18 Å². The smallest absolute Gasteiger partial charge is 0.422 e. The summed E-state index contributed by atoms with van der Waals surface area (Å²) in [6.07, 6.45) is -2.24. The van der Waals surface area contributed by atoms with Crippen LogP contribution in [-0.2, 0) is 20.0 Å². The molecule has 1 aromatic carbocycles. The summed E-state index contributed by atoms with van der Waals surface area (Å²) < 4.78 is 44.0. The molecule has 1 aliphatic rings. The van der Waals surface area contributed by atoms with Gasteiger partial charge < -0.3 is 4.74 Å². The Bertz CT molecular complexity index is 728. The standard InChI is InChI=1S/C19H24F3N3O/c1-14-17(18(24(2)23-14)26-13-19(20,21)22)12-25-9-8-16(11-25)10-15-6-4-3-5-7-15/h3-7,16H,8-13H2,1-2H3. The fourth-order valence-corrected chi connectivity index (χ4v) is 3.59. The summed E-state index contributed by atoms with van der Waals surface area (Å²) >= 11 is 0. The largest absolute Gasteiger partial charge is 0.468 e. The summed E-state index contributed by atoms with van der Waals surface area (Å²) in [5.74, 6) is 0.778. The van der Waals surface area contributed by atoms with Crippen LogP contribution in [0.3, 0.4) is 0 Å². The number of likely N-dealkylation sites (tertiary alicyclic amines) is 1. The van der Waals surface area contributed by atoms with Gasteiger partial charge in [-0.15, -0.1) is 0 Å². The SMILES string of the molecule is Cc1nn(C)c(OCC(F)(F)F)c1CN1CCC(Cc2ccccc2)C1. The van der Waals surface area contributed by atoms with Crippen molar-refractivity contribution in [2.75, 3.05) is 19.7 Å². The molecule has 1 atom stereocenters. The molecule has 0 amide bonds. The first-order valence-corrected chi connectivity index (χ1v) is 8.80. The summed E-state index contributed by atoms with van der Waals surface area (Å²) in [5, 5.41) is 4.24. The number of benzene rings is 1. The molecule has 1 aliphatic heterocycles. The van der Waals surface area contributed by atoms with Crippen LogP contribution in [-0.4, -0.2) is 40.6 Å². The molecule has 142 valence electrons. The van der Waals surface area contributed by atoms with E-state index in [4.69, 9.17) is 4.74 Å². The topological polar surface area (TPSA) is 30.3 Å². The molecule has 4 nitrogen and oxygen atoms in total. The van der Waals surface area contributed by atoms with E-state index in [1.165, 1.54) is 10.2 Å². The second-order valence-corrected chi connectivity index (χ2v) is 6.98. The van der Waals surface area contributed by atoms with Gasteiger partial charge in [-0.1, -0.05) is 30.3 Å². The Labute approximate surface area is 151 Å². The van der Waals surface area contributed by atoms with Gasteiger partial charge in [-0.05, 0) is 37.8 Å². The Morgan fingerprint density at radius 1 is 1.23 bits per heavy atom. The van der Waals surface area contributed by atoms with Crippen molar-refractivity contribution in [1.82, 2.24) is 14.7 Å². The van der Waals surface area contributed by atoms with Crippen molar-refractivity contribution in [1.29, 1.82) is 0 Å². The molecule has 0 bridgehead atoms. The molecule has 2 aromatic rings. The molecule has 0 aliphatic carbocycles. The lowest BCUT2D eigenvalue weighted by molar-refractivity contribution is -0.154. The van der Waals surface area contributed by atoms with E-state index >= 15 is 0 Å².